The molecule has 0 saturated heterocycles. The number of aryl methyl sites for hydroxylation is 1. The highest BCUT2D eigenvalue weighted by Gasteiger charge is 2.04. The Morgan fingerprint density at radius 2 is 2.00 bits per heavy atom. The molecule has 3 rings (SSSR count). The van der Waals surface area contributed by atoms with Crippen molar-refractivity contribution in [3.05, 3.63) is 54.2 Å². The van der Waals surface area contributed by atoms with Crippen molar-refractivity contribution in [1.29, 1.82) is 0 Å². The van der Waals surface area contributed by atoms with Crippen LogP contribution >= 0.6 is 0 Å². The van der Waals surface area contributed by atoms with Gasteiger partial charge in [-0.05, 0) is 35.9 Å². The molecule has 0 fully saturated rings. The molecule has 0 radical (unpaired) electrons. The standard InChI is InChI=1S/C15H15N3O/c1-2-15-18-13-9-12(3-4-14(13)19-15)17-10-11-5-7-16-8-6-11/h3-9,17H,2,10H2,1H3. The maximum absolute atomic E-state index is 5.59. The molecule has 0 aliphatic rings. The molecule has 0 atom stereocenters. The minimum Gasteiger partial charge on any atom is -0.441 e. The third kappa shape index (κ3) is 2.57. The van der Waals surface area contributed by atoms with Gasteiger partial charge in [0.15, 0.2) is 11.5 Å². The number of anilines is 1. The van der Waals surface area contributed by atoms with Crippen LogP contribution in [0.1, 0.15) is 18.4 Å². The lowest BCUT2D eigenvalue weighted by molar-refractivity contribution is 0.538. The van der Waals surface area contributed by atoms with Gasteiger partial charge in [-0.2, -0.15) is 0 Å². The smallest absolute Gasteiger partial charge is 0.195 e. The summed E-state index contributed by atoms with van der Waals surface area (Å²) in [6, 6.07) is 9.97. The van der Waals surface area contributed by atoms with Crippen molar-refractivity contribution in [3.63, 3.8) is 0 Å². The monoisotopic (exact) mass is 253 g/mol. The van der Waals surface area contributed by atoms with E-state index in [9.17, 15) is 0 Å². The lowest BCUT2D eigenvalue weighted by atomic mass is 10.2. The summed E-state index contributed by atoms with van der Waals surface area (Å²) >= 11 is 0. The molecule has 0 amide bonds. The number of rotatable bonds is 4. The Hall–Kier alpha value is -2.36. The topological polar surface area (TPSA) is 51.0 Å². The highest BCUT2D eigenvalue weighted by atomic mass is 16.3. The van der Waals surface area contributed by atoms with Crippen LogP contribution in [0.3, 0.4) is 0 Å². The predicted molar refractivity (Wildman–Crippen MR) is 75.0 cm³/mol. The van der Waals surface area contributed by atoms with Gasteiger partial charge in [0, 0.05) is 31.0 Å². The number of benzene rings is 1. The molecule has 0 spiro atoms. The first kappa shape index (κ1) is 11.7. The number of nitrogens with one attached hydrogen (secondary N) is 1. The molecule has 0 unspecified atom stereocenters. The first-order chi connectivity index (χ1) is 9.35. The number of pyridine rings is 1. The largest absolute Gasteiger partial charge is 0.441 e. The second-order valence-corrected chi connectivity index (χ2v) is 4.35. The minimum atomic E-state index is 0.770. The van der Waals surface area contributed by atoms with Crippen molar-refractivity contribution in [1.82, 2.24) is 9.97 Å². The van der Waals surface area contributed by atoms with E-state index in [1.807, 2.05) is 37.3 Å². The summed E-state index contributed by atoms with van der Waals surface area (Å²) in [5, 5.41) is 3.37. The summed E-state index contributed by atoms with van der Waals surface area (Å²) in [5.74, 6) is 0.779. The number of hydrogen-bond donors (Lipinski definition) is 1. The van der Waals surface area contributed by atoms with Gasteiger partial charge >= 0.3 is 0 Å². The lowest BCUT2D eigenvalue weighted by Crippen LogP contribution is -1.98. The molecule has 1 N–H and O–H groups in total. The molecule has 0 saturated carbocycles. The van der Waals surface area contributed by atoms with Crippen LogP contribution < -0.4 is 5.32 Å². The van der Waals surface area contributed by atoms with E-state index >= 15 is 0 Å². The average molecular weight is 253 g/mol. The summed E-state index contributed by atoms with van der Waals surface area (Å²) in [4.78, 5) is 8.43. The number of oxazole rings is 1. The van der Waals surface area contributed by atoms with Gasteiger partial charge in [-0.3, -0.25) is 4.98 Å². The highest BCUT2D eigenvalue weighted by molar-refractivity contribution is 5.77. The first-order valence-corrected chi connectivity index (χ1v) is 6.37. The van der Waals surface area contributed by atoms with Gasteiger partial charge in [0.05, 0.1) is 0 Å². The van der Waals surface area contributed by atoms with Crippen LogP contribution in [0.4, 0.5) is 5.69 Å². The van der Waals surface area contributed by atoms with Crippen LogP contribution in [0.25, 0.3) is 11.1 Å². The molecule has 0 aliphatic carbocycles. The zero-order valence-electron chi connectivity index (χ0n) is 10.8. The molecule has 0 bridgehead atoms. The lowest BCUT2D eigenvalue weighted by Gasteiger charge is -2.05. The second kappa shape index (κ2) is 5.10. The van der Waals surface area contributed by atoms with Crippen LogP contribution in [-0.2, 0) is 13.0 Å². The molecule has 96 valence electrons. The quantitative estimate of drug-likeness (QED) is 0.774. The fourth-order valence-corrected chi connectivity index (χ4v) is 1.94. The fourth-order valence-electron chi connectivity index (χ4n) is 1.94. The Bertz CT molecular complexity index is 676. The number of hydrogen-bond acceptors (Lipinski definition) is 4. The molecule has 0 aliphatic heterocycles. The van der Waals surface area contributed by atoms with Crippen molar-refractivity contribution in [2.24, 2.45) is 0 Å². The Morgan fingerprint density at radius 1 is 1.16 bits per heavy atom. The normalized spacial score (nSPS) is 10.8. The van der Waals surface area contributed by atoms with Crippen molar-refractivity contribution in [3.8, 4) is 0 Å². The SMILES string of the molecule is CCc1nc2cc(NCc3ccncc3)ccc2o1. The van der Waals surface area contributed by atoms with Gasteiger partial charge in [-0.25, -0.2) is 4.98 Å². The van der Waals surface area contributed by atoms with Crippen molar-refractivity contribution >= 4 is 16.8 Å². The second-order valence-electron chi connectivity index (χ2n) is 4.35. The third-order valence-corrected chi connectivity index (χ3v) is 2.98. The Kier molecular flexibility index (Phi) is 3.14. The Labute approximate surface area is 111 Å². The van der Waals surface area contributed by atoms with E-state index in [0.717, 1.165) is 35.6 Å². The Balaban J connectivity index is 1.78. The molecule has 3 aromatic rings. The molecule has 4 heteroatoms. The highest BCUT2D eigenvalue weighted by Crippen LogP contribution is 2.20. The van der Waals surface area contributed by atoms with E-state index in [-0.39, 0.29) is 0 Å². The van der Waals surface area contributed by atoms with Crippen molar-refractivity contribution < 1.29 is 4.42 Å². The molecule has 2 heterocycles. The molecular weight excluding hydrogens is 238 g/mol. The summed E-state index contributed by atoms with van der Waals surface area (Å²) < 4.78 is 5.59. The van der Waals surface area contributed by atoms with E-state index in [1.54, 1.807) is 12.4 Å². The fraction of sp³-hybridized carbons (Fsp3) is 0.200. The zero-order valence-corrected chi connectivity index (χ0v) is 10.8. The maximum atomic E-state index is 5.59. The third-order valence-electron chi connectivity index (χ3n) is 2.98. The van der Waals surface area contributed by atoms with E-state index in [1.165, 1.54) is 5.56 Å². The van der Waals surface area contributed by atoms with Crippen LogP contribution in [0.5, 0.6) is 0 Å². The molecule has 19 heavy (non-hydrogen) atoms. The van der Waals surface area contributed by atoms with E-state index in [2.05, 4.69) is 15.3 Å². The summed E-state index contributed by atoms with van der Waals surface area (Å²) in [7, 11) is 0. The molecular formula is C15H15N3O. The molecule has 1 aromatic carbocycles. The van der Waals surface area contributed by atoms with Crippen LogP contribution in [0, 0.1) is 0 Å². The predicted octanol–water partition coefficient (Wildman–Crippen LogP) is 3.40. The number of nitrogens with zero attached hydrogens (tertiary/aromatic N) is 2. The van der Waals surface area contributed by atoms with E-state index in [4.69, 9.17) is 4.42 Å². The zero-order chi connectivity index (χ0) is 13.1. The average Bonchev–Trinajstić information content (AvgIpc) is 2.88. The van der Waals surface area contributed by atoms with Crippen LogP contribution in [0.15, 0.2) is 47.1 Å². The van der Waals surface area contributed by atoms with E-state index < -0.39 is 0 Å². The first-order valence-electron chi connectivity index (χ1n) is 6.37. The van der Waals surface area contributed by atoms with Gasteiger partial charge in [0.1, 0.15) is 5.52 Å². The van der Waals surface area contributed by atoms with Gasteiger partial charge in [0.2, 0.25) is 0 Å². The summed E-state index contributed by atoms with van der Waals surface area (Å²) in [5.41, 5.74) is 3.98. The molecule has 4 nitrogen and oxygen atoms in total. The number of fused-ring (bicyclic) bond motifs is 1. The van der Waals surface area contributed by atoms with Gasteiger partial charge < -0.3 is 9.73 Å². The summed E-state index contributed by atoms with van der Waals surface area (Å²) in [6.07, 6.45) is 4.41. The summed E-state index contributed by atoms with van der Waals surface area (Å²) in [6.45, 7) is 2.81. The number of aromatic nitrogens is 2. The van der Waals surface area contributed by atoms with Gasteiger partial charge in [-0.1, -0.05) is 6.92 Å². The van der Waals surface area contributed by atoms with Crippen LogP contribution in [0.2, 0.25) is 0 Å². The minimum absolute atomic E-state index is 0.770. The van der Waals surface area contributed by atoms with Gasteiger partial charge in [0.25, 0.3) is 0 Å². The van der Waals surface area contributed by atoms with Crippen molar-refractivity contribution in [2.75, 3.05) is 5.32 Å². The molecule has 2 aromatic heterocycles. The van der Waals surface area contributed by atoms with Crippen molar-refractivity contribution in [2.45, 2.75) is 19.9 Å². The maximum Gasteiger partial charge on any atom is 0.195 e. The van der Waals surface area contributed by atoms with E-state index in [0.29, 0.717) is 0 Å². The van der Waals surface area contributed by atoms with Gasteiger partial charge in [-0.15, -0.1) is 0 Å². The van der Waals surface area contributed by atoms with Crippen LogP contribution in [-0.4, -0.2) is 9.97 Å². The Morgan fingerprint density at radius 3 is 2.79 bits per heavy atom.